The molecular weight excluding hydrogens is 249 g/mol. The highest BCUT2D eigenvalue weighted by atomic mass is 19.1. The smallest absolute Gasteiger partial charge is 0.255 e. The molecular formula is C13H20FN3O2. The van der Waals surface area contributed by atoms with Crippen molar-refractivity contribution in [3.05, 3.63) is 23.6 Å². The third-order valence-electron chi connectivity index (χ3n) is 2.40. The Kier molecular flexibility index (Phi) is 6.81. The van der Waals surface area contributed by atoms with Gasteiger partial charge in [-0.25, -0.2) is 9.37 Å². The van der Waals surface area contributed by atoms with E-state index in [1.807, 2.05) is 13.8 Å². The van der Waals surface area contributed by atoms with Gasteiger partial charge in [-0.2, -0.15) is 0 Å². The van der Waals surface area contributed by atoms with E-state index < -0.39 is 5.82 Å². The Hall–Kier alpha value is -1.69. The lowest BCUT2D eigenvalue weighted by Crippen LogP contribution is -2.26. The molecule has 2 N–H and O–H groups in total. The van der Waals surface area contributed by atoms with E-state index in [4.69, 9.17) is 4.74 Å². The maximum Gasteiger partial charge on any atom is 0.255 e. The number of aromatic nitrogens is 1. The standard InChI is InChI=1S/C13H20FN3O2/c1-3-15-12-11(8-10(14)9-17-12)13(18)16-6-5-7-19-4-2/h8-9H,3-7H2,1-2H3,(H,15,17)(H,16,18). The summed E-state index contributed by atoms with van der Waals surface area (Å²) in [7, 11) is 0. The fourth-order valence-electron chi connectivity index (χ4n) is 1.54. The summed E-state index contributed by atoms with van der Waals surface area (Å²) in [5.41, 5.74) is 0.221. The molecule has 0 aromatic carbocycles. The first kappa shape index (κ1) is 15.4. The van der Waals surface area contributed by atoms with Crippen molar-refractivity contribution in [2.45, 2.75) is 20.3 Å². The molecule has 6 heteroatoms. The van der Waals surface area contributed by atoms with Crippen LogP contribution in [-0.2, 0) is 4.74 Å². The van der Waals surface area contributed by atoms with Gasteiger partial charge < -0.3 is 15.4 Å². The number of nitrogens with zero attached hydrogens (tertiary/aromatic N) is 1. The van der Waals surface area contributed by atoms with E-state index in [1.54, 1.807) is 0 Å². The van der Waals surface area contributed by atoms with E-state index in [0.29, 0.717) is 32.1 Å². The van der Waals surface area contributed by atoms with Gasteiger partial charge in [0, 0.05) is 26.3 Å². The third kappa shape index (κ3) is 5.21. The van der Waals surface area contributed by atoms with Crippen LogP contribution in [0.4, 0.5) is 10.2 Å². The Labute approximate surface area is 112 Å². The van der Waals surface area contributed by atoms with E-state index in [9.17, 15) is 9.18 Å². The quantitative estimate of drug-likeness (QED) is 0.706. The van der Waals surface area contributed by atoms with Crippen molar-refractivity contribution >= 4 is 11.7 Å². The van der Waals surface area contributed by atoms with Crippen molar-refractivity contribution in [3.8, 4) is 0 Å². The van der Waals surface area contributed by atoms with Crippen LogP contribution in [0.3, 0.4) is 0 Å². The van der Waals surface area contributed by atoms with E-state index >= 15 is 0 Å². The normalized spacial score (nSPS) is 10.3. The Morgan fingerprint density at radius 2 is 2.26 bits per heavy atom. The fraction of sp³-hybridized carbons (Fsp3) is 0.538. The molecule has 5 nitrogen and oxygen atoms in total. The number of hydrogen-bond donors (Lipinski definition) is 2. The molecule has 0 bridgehead atoms. The van der Waals surface area contributed by atoms with Crippen LogP contribution >= 0.6 is 0 Å². The molecule has 1 aromatic heterocycles. The SMILES string of the molecule is CCNc1ncc(F)cc1C(=O)NCCCOCC. The van der Waals surface area contributed by atoms with Gasteiger partial charge in [-0.1, -0.05) is 0 Å². The molecule has 0 aliphatic heterocycles. The summed E-state index contributed by atoms with van der Waals surface area (Å²) in [4.78, 5) is 15.8. The van der Waals surface area contributed by atoms with Gasteiger partial charge in [-0.05, 0) is 26.3 Å². The first-order valence-electron chi connectivity index (χ1n) is 6.44. The van der Waals surface area contributed by atoms with Crippen LogP contribution in [0, 0.1) is 5.82 Å². The number of rotatable bonds is 8. The van der Waals surface area contributed by atoms with Crippen molar-refractivity contribution in [1.29, 1.82) is 0 Å². The van der Waals surface area contributed by atoms with Crippen molar-refractivity contribution in [2.24, 2.45) is 0 Å². The molecule has 0 radical (unpaired) electrons. The molecule has 1 rings (SSSR count). The molecule has 0 saturated heterocycles. The van der Waals surface area contributed by atoms with Crippen molar-refractivity contribution in [1.82, 2.24) is 10.3 Å². The lowest BCUT2D eigenvalue weighted by Gasteiger charge is -2.10. The summed E-state index contributed by atoms with van der Waals surface area (Å²) in [5.74, 6) is -0.466. The molecule has 0 aliphatic rings. The van der Waals surface area contributed by atoms with Gasteiger partial charge >= 0.3 is 0 Å². The van der Waals surface area contributed by atoms with Gasteiger partial charge in [0.2, 0.25) is 0 Å². The number of nitrogens with one attached hydrogen (secondary N) is 2. The van der Waals surface area contributed by atoms with Crippen molar-refractivity contribution in [2.75, 3.05) is 31.6 Å². The molecule has 0 unspecified atom stereocenters. The van der Waals surface area contributed by atoms with Gasteiger partial charge in [0.25, 0.3) is 5.91 Å². The molecule has 19 heavy (non-hydrogen) atoms. The minimum absolute atomic E-state index is 0.221. The van der Waals surface area contributed by atoms with Crippen LogP contribution < -0.4 is 10.6 Å². The summed E-state index contributed by atoms with van der Waals surface area (Å²) >= 11 is 0. The second kappa shape index (κ2) is 8.42. The monoisotopic (exact) mass is 269 g/mol. The number of ether oxygens (including phenoxy) is 1. The molecule has 1 aromatic rings. The topological polar surface area (TPSA) is 63.2 Å². The number of pyridine rings is 1. The Bertz CT molecular complexity index is 413. The summed E-state index contributed by atoms with van der Waals surface area (Å²) in [6, 6.07) is 1.18. The lowest BCUT2D eigenvalue weighted by atomic mass is 10.2. The highest BCUT2D eigenvalue weighted by molar-refractivity contribution is 5.98. The largest absolute Gasteiger partial charge is 0.382 e. The van der Waals surface area contributed by atoms with Gasteiger partial charge in [-0.15, -0.1) is 0 Å². The average Bonchev–Trinajstić information content (AvgIpc) is 2.40. The summed E-state index contributed by atoms with van der Waals surface area (Å²) in [5, 5.41) is 5.65. The van der Waals surface area contributed by atoms with E-state index in [-0.39, 0.29) is 11.5 Å². The number of hydrogen-bond acceptors (Lipinski definition) is 4. The first-order chi connectivity index (χ1) is 9.19. The van der Waals surface area contributed by atoms with Crippen LogP contribution in [-0.4, -0.2) is 37.2 Å². The van der Waals surface area contributed by atoms with Gasteiger partial charge in [0.15, 0.2) is 0 Å². The highest BCUT2D eigenvalue weighted by Gasteiger charge is 2.13. The fourth-order valence-corrected chi connectivity index (χ4v) is 1.54. The van der Waals surface area contributed by atoms with E-state index in [1.165, 1.54) is 6.07 Å². The molecule has 0 atom stereocenters. The number of halogens is 1. The van der Waals surface area contributed by atoms with Gasteiger partial charge in [0.05, 0.1) is 11.8 Å². The average molecular weight is 269 g/mol. The van der Waals surface area contributed by atoms with E-state index in [0.717, 1.165) is 12.6 Å². The molecule has 0 fully saturated rings. The highest BCUT2D eigenvalue weighted by Crippen LogP contribution is 2.13. The second-order valence-corrected chi connectivity index (χ2v) is 3.89. The number of amides is 1. The number of anilines is 1. The first-order valence-corrected chi connectivity index (χ1v) is 6.44. The molecule has 0 saturated carbocycles. The maximum atomic E-state index is 13.1. The molecule has 106 valence electrons. The second-order valence-electron chi connectivity index (χ2n) is 3.89. The Morgan fingerprint density at radius 1 is 1.47 bits per heavy atom. The van der Waals surface area contributed by atoms with Crippen LogP contribution in [0.1, 0.15) is 30.6 Å². The minimum Gasteiger partial charge on any atom is -0.382 e. The summed E-state index contributed by atoms with van der Waals surface area (Å²) in [6.07, 6.45) is 1.81. The van der Waals surface area contributed by atoms with Crippen molar-refractivity contribution < 1.29 is 13.9 Å². The third-order valence-corrected chi connectivity index (χ3v) is 2.40. The lowest BCUT2D eigenvalue weighted by molar-refractivity contribution is 0.0944. The Balaban J connectivity index is 2.57. The number of carbonyl (C=O) groups excluding carboxylic acids is 1. The minimum atomic E-state index is -0.527. The van der Waals surface area contributed by atoms with Crippen molar-refractivity contribution in [3.63, 3.8) is 0 Å². The summed E-state index contributed by atoms with van der Waals surface area (Å²) < 4.78 is 18.3. The molecule has 1 heterocycles. The zero-order chi connectivity index (χ0) is 14.1. The van der Waals surface area contributed by atoms with E-state index in [2.05, 4.69) is 15.6 Å². The zero-order valence-corrected chi connectivity index (χ0v) is 11.3. The summed E-state index contributed by atoms with van der Waals surface area (Å²) in [6.45, 7) is 6.16. The predicted molar refractivity (Wildman–Crippen MR) is 71.8 cm³/mol. The van der Waals surface area contributed by atoms with Crippen LogP contribution in [0.5, 0.6) is 0 Å². The Morgan fingerprint density at radius 3 is 2.95 bits per heavy atom. The van der Waals surface area contributed by atoms with Gasteiger partial charge in [-0.3, -0.25) is 4.79 Å². The van der Waals surface area contributed by atoms with Gasteiger partial charge in [0.1, 0.15) is 11.6 Å². The maximum absolute atomic E-state index is 13.1. The predicted octanol–water partition coefficient (Wildman–Crippen LogP) is 1.81. The number of carbonyl (C=O) groups is 1. The van der Waals surface area contributed by atoms with Crippen LogP contribution in [0.25, 0.3) is 0 Å². The van der Waals surface area contributed by atoms with Crippen LogP contribution in [0.2, 0.25) is 0 Å². The molecule has 1 amide bonds. The zero-order valence-electron chi connectivity index (χ0n) is 11.3. The van der Waals surface area contributed by atoms with Crippen LogP contribution in [0.15, 0.2) is 12.3 Å². The molecule has 0 aliphatic carbocycles. The molecule has 0 spiro atoms.